The van der Waals surface area contributed by atoms with E-state index in [9.17, 15) is 13.2 Å². The van der Waals surface area contributed by atoms with Gasteiger partial charge < -0.3 is 20.5 Å². The molecule has 2 rings (SSSR count). The van der Waals surface area contributed by atoms with Gasteiger partial charge in [0, 0.05) is 15.5 Å². The van der Waals surface area contributed by atoms with Crippen LogP contribution >= 0.6 is 0 Å². The molecule has 1 saturated carbocycles. The van der Waals surface area contributed by atoms with Crippen LogP contribution in [0.2, 0.25) is 0 Å². The molecule has 4 nitrogen and oxygen atoms in total. The molecule has 1 fully saturated rings. The minimum atomic E-state index is -3.03. The van der Waals surface area contributed by atoms with Crippen LogP contribution in [-0.2, 0) is 5.54 Å². The van der Waals surface area contributed by atoms with Crippen molar-refractivity contribution in [3.8, 4) is 5.75 Å². The first kappa shape index (κ1) is 27.3. The molecule has 7 heteroatoms. The summed E-state index contributed by atoms with van der Waals surface area (Å²) >= 11 is 0. The van der Waals surface area contributed by atoms with Crippen LogP contribution in [0, 0.1) is 5.82 Å². The fourth-order valence-corrected chi connectivity index (χ4v) is 2.66. The number of hydrogen-bond donors (Lipinski definition) is 3. The van der Waals surface area contributed by atoms with Gasteiger partial charge in [-0.1, -0.05) is 32.4 Å². The monoisotopic (exact) mass is 422 g/mol. The summed E-state index contributed by atoms with van der Waals surface area (Å²) in [6.45, 7) is 10.6. The Morgan fingerprint density at radius 1 is 1.28 bits per heavy atom. The van der Waals surface area contributed by atoms with Gasteiger partial charge in [0.15, 0.2) is 11.6 Å². The minimum absolute atomic E-state index is 0. The Kier molecular flexibility index (Phi) is 12.7. The van der Waals surface area contributed by atoms with Crippen molar-refractivity contribution in [2.45, 2.75) is 77.5 Å². The molecule has 0 aliphatic heterocycles. The van der Waals surface area contributed by atoms with Gasteiger partial charge in [-0.25, -0.2) is 4.39 Å². The van der Waals surface area contributed by atoms with Crippen LogP contribution in [0.3, 0.4) is 0 Å². The van der Waals surface area contributed by atoms with Gasteiger partial charge in [0.25, 0.3) is 0 Å². The topological polar surface area (TPSA) is 53.5 Å². The molecule has 1 aromatic rings. The van der Waals surface area contributed by atoms with E-state index in [2.05, 4.69) is 49.6 Å². The summed E-state index contributed by atoms with van der Waals surface area (Å²) in [7, 11) is 1.00. The molecule has 0 atom stereocenters. The highest BCUT2D eigenvalue weighted by Gasteiger charge is 2.43. The van der Waals surface area contributed by atoms with Gasteiger partial charge >= 0.3 is 6.61 Å². The molecule has 0 unspecified atom stereocenters. The minimum Gasteiger partial charge on any atom is -0.432 e. The van der Waals surface area contributed by atoms with Crippen LogP contribution in [0.5, 0.6) is 5.75 Å². The van der Waals surface area contributed by atoms with E-state index in [4.69, 9.17) is 5.11 Å². The van der Waals surface area contributed by atoms with E-state index >= 15 is 0 Å². The second kappa shape index (κ2) is 13.5. The lowest BCUT2D eigenvalue weighted by molar-refractivity contribution is -0.0522. The van der Waals surface area contributed by atoms with Crippen molar-refractivity contribution in [2.24, 2.45) is 0 Å². The van der Waals surface area contributed by atoms with E-state index in [1.807, 2.05) is 0 Å². The van der Waals surface area contributed by atoms with Crippen LogP contribution in [0.25, 0.3) is 0 Å². The second-order valence-electron chi connectivity index (χ2n) is 7.84. The third-order valence-corrected chi connectivity index (χ3v) is 4.26. The van der Waals surface area contributed by atoms with Gasteiger partial charge in [0.05, 0.1) is 5.54 Å². The highest BCUT2D eigenvalue weighted by atomic mass is 19.3. The molecule has 0 bridgehead atoms. The van der Waals surface area contributed by atoms with Crippen molar-refractivity contribution < 1.29 is 25.9 Å². The first-order valence-corrected chi connectivity index (χ1v) is 9.97. The Morgan fingerprint density at radius 3 is 2.34 bits per heavy atom. The SMILES string of the molecule is C=CNC1(c2ccc(F)c(OC(F)F)c2)CC1.CCCCCNC(C)(C)C.CO.[HH].[HH]. The van der Waals surface area contributed by atoms with Crippen LogP contribution in [0.1, 0.15) is 68.2 Å². The maximum absolute atomic E-state index is 13.2. The van der Waals surface area contributed by atoms with Crippen molar-refractivity contribution in [3.63, 3.8) is 0 Å². The van der Waals surface area contributed by atoms with Crippen LogP contribution in [0.4, 0.5) is 13.2 Å². The van der Waals surface area contributed by atoms with Gasteiger partial charge in [-0.05, 0) is 70.5 Å². The molecule has 1 aliphatic rings. The predicted octanol–water partition coefficient (Wildman–Crippen LogP) is 5.81. The Morgan fingerprint density at radius 2 is 1.90 bits per heavy atom. The van der Waals surface area contributed by atoms with Gasteiger partial charge in [0.2, 0.25) is 0 Å². The number of benzene rings is 1. The highest BCUT2D eigenvalue weighted by molar-refractivity contribution is 5.38. The number of ether oxygens (including phenoxy) is 1. The average molecular weight is 423 g/mol. The molecule has 3 N–H and O–H groups in total. The number of rotatable bonds is 9. The van der Waals surface area contributed by atoms with Crippen molar-refractivity contribution in [3.05, 3.63) is 42.4 Å². The number of unbranched alkanes of at least 4 members (excludes halogenated alkanes) is 2. The van der Waals surface area contributed by atoms with Crippen LogP contribution in [0.15, 0.2) is 31.0 Å². The number of alkyl halides is 2. The average Bonchev–Trinajstić information content (AvgIpc) is 3.43. The molecule has 0 spiro atoms. The second-order valence-corrected chi connectivity index (χ2v) is 7.84. The molecule has 0 heterocycles. The quantitative estimate of drug-likeness (QED) is 0.439. The molecule has 0 aromatic heterocycles. The lowest BCUT2D eigenvalue weighted by atomic mass is 10.0. The third-order valence-electron chi connectivity index (χ3n) is 4.26. The molecule has 29 heavy (non-hydrogen) atoms. The lowest BCUT2D eigenvalue weighted by Gasteiger charge is -2.20. The normalized spacial score (nSPS) is 14.1. The predicted molar refractivity (Wildman–Crippen MR) is 117 cm³/mol. The summed E-state index contributed by atoms with van der Waals surface area (Å²) in [6, 6.07) is 4.01. The van der Waals surface area contributed by atoms with E-state index in [0.29, 0.717) is 5.54 Å². The smallest absolute Gasteiger partial charge is 0.387 e. The Bertz CT molecular complexity index is 597. The van der Waals surface area contributed by atoms with Crippen molar-refractivity contribution in [2.75, 3.05) is 13.7 Å². The molecule has 0 saturated heterocycles. The zero-order valence-corrected chi connectivity index (χ0v) is 18.3. The van der Waals surface area contributed by atoms with Crippen molar-refractivity contribution >= 4 is 0 Å². The number of nitrogens with one attached hydrogen (secondary N) is 2. The number of halogens is 3. The fourth-order valence-electron chi connectivity index (χ4n) is 2.66. The zero-order chi connectivity index (χ0) is 22.5. The number of aliphatic hydroxyl groups excluding tert-OH is 1. The van der Waals surface area contributed by atoms with Gasteiger partial charge in [-0.2, -0.15) is 8.78 Å². The Labute approximate surface area is 176 Å². The molecular weight excluding hydrogens is 381 g/mol. The van der Waals surface area contributed by atoms with E-state index in [1.165, 1.54) is 25.3 Å². The summed E-state index contributed by atoms with van der Waals surface area (Å²) in [5.74, 6) is -1.21. The van der Waals surface area contributed by atoms with Crippen molar-refractivity contribution in [1.82, 2.24) is 10.6 Å². The van der Waals surface area contributed by atoms with Crippen LogP contribution in [-0.4, -0.2) is 30.9 Å². The molecular formula is C22H41F3N2O2. The zero-order valence-electron chi connectivity index (χ0n) is 18.3. The number of hydrogen-bond acceptors (Lipinski definition) is 4. The van der Waals surface area contributed by atoms with Gasteiger partial charge in [0.1, 0.15) is 0 Å². The standard InChI is InChI=1S/C12H12F3NO.C9H21N.CH4O.2H2/c1-2-16-12(5-6-12)8-3-4-9(13)10(7-8)17-11(14)15;1-5-6-7-8-10-9(2,3)4;1-2;;/h2-4,7,11,16H,1,5-6H2;10H,5-8H2,1-4H3;2H,1H3;2*1H. The van der Waals surface area contributed by atoms with Crippen LogP contribution < -0.4 is 15.4 Å². The van der Waals surface area contributed by atoms with Gasteiger partial charge in [-0.15, -0.1) is 0 Å². The van der Waals surface area contributed by atoms with Gasteiger partial charge in [-0.3, -0.25) is 0 Å². The highest BCUT2D eigenvalue weighted by Crippen LogP contribution is 2.46. The summed E-state index contributed by atoms with van der Waals surface area (Å²) in [4.78, 5) is 0. The fraction of sp³-hybridized carbons (Fsp3) is 0.636. The molecule has 1 aromatic carbocycles. The molecule has 0 radical (unpaired) electrons. The summed E-state index contributed by atoms with van der Waals surface area (Å²) < 4.78 is 41.5. The Balaban J connectivity index is -0.000000490. The Hall–Kier alpha value is -1.73. The van der Waals surface area contributed by atoms with Crippen molar-refractivity contribution in [1.29, 1.82) is 0 Å². The first-order valence-electron chi connectivity index (χ1n) is 9.97. The molecule has 1 aliphatic carbocycles. The number of aliphatic hydroxyl groups is 1. The summed E-state index contributed by atoms with van der Waals surface area (Å²) in [6.07, 6.45) is 7.24. The van der Waals surface area contributed by atoms with E-state index < -0.39 is 18.2 Å². The van der Waals surface area contributed by atoms with E-state index in [0.717, 1.165) is 38.1 Å². The molecule has 0 amide bonds. The van der Waals surface area contributed by atoms with E-state index in [1.54, 1.807) is 12.3 Å². The summed E-state index contributed by atoms with van der Waals surface area (Å²) in [5.41, 5.74) is 0.734. The third kappa shape index (κ3) is 11.1. The maximum atomic E-state index is 13.2. The first-order chi connectivity index (χ1) is 13.6. The molecule has 172 valence electrons. The lowest BCUT2D eigenvalue weighted by Crippen LogP contribution is -2.36. The van der Waals surface area contributed by atoms with E-state index in [-0.39, 0.29) is 8.39 Å². The maximum Gasteiger partial charge on any atom is 0.387 e. The largest absolute Gasteiger partial charge is 0.432 e. The summed E-state index contributed by atoms with van der Waals surface area (Å²) in [5, 5.41) is 13.5.